The zero-order chi connectivity index (χ0) is 16.3. The van der Waals surface area contributed by atoms with Crippen molar-refractivity contribution < 1.29 is 25.5 Å². The zero-order valence-corrected chi connectivity index (χ0v) is 11.8. The van der Waals surface area contributed by atoms with Gasteiger partial charge in [0.15, 0.2) is 11.5 Å². The Bertz CT molecular complexity index is 1120. The van der Waals surface area contributed by atoms with E-state index in [2.05, 4.69) is 0 Å². The number of phenols is 5. The molecule has 0 aromatic heterocycles. The lowest BCUT2D eigenvalue weighted by molar-refractivity contribution is 0.350. The zero-order valence-electron chi connectivity index (χ0n) is 11.8. The van der Waals surface area contributed by atoms with Gasteiger partial charge in [-0.05, 0) is 34.4 Å². The molecule has 0 saturated carbocycles. The third-order valence-electron chi connectivity index (χ3n) is 4.14. The lowest BCUT2D eigenvalue weighted by Crippen LogP contribution is -1.84. The summed E-state index contributed by atoms with van der Waals surface area (Å²) in [4.78, 5) is 0. The van der Waals surface area contributed by atoms with Gasteiger partial charge in [-0.1, -0.05) is 24.3 Å². The summed E-state index contributed by atoms with van der Waals surface area (Å²) in [5, 5.41) is 52.8. The highest BCUT2D eigenvalue weighted by molar-refractivity contribution is 6.14. The molecule has 0 saturated heterocycles. The molecule has 0 radical (unpaired) electrons. The van der Waals surface area contributed by atoms with E-state index in [-0.39, 0.29) is 16.5 Å². The van der Waals surface area contributed by atoms with Gasteiger partial charge in [0.2, 0.25) is 11.5 Å². The van der Waals surface area contributed by atoms with E-state index < -0.39 is 23.0 Å². The molecule has 5 N–H and O–H groups in total. The van der Waals surface area contributed by atoms with Crippen LogP contribution in [0.3, 0.4) is 0 Å². The van der Waals surface area contributed by atoms with Gasteiger partial charge in [-0.3, -0.25) is 0 Å². The van der Waals surface area contributed by atoms with Crippen molar-refractivity contribution in [2.24, 2.45) is 0 Å². The van der Waals surface area contributed by atoms with Gasteiger partial charge >= 0.3 is 0 Å². The fourth-order valence-electron chi connectivity index (χ4n) is 2.97. The average molecular weight is 308 g/mol. The Morgan fingerprint density at radius 1 is 0.478 bits per heavy atom. The summed E-state index contributed by atoms with van der Waals surface area (Å²) >= 11 is 0. The molecule has 4 aromatic rings. The third-order valence-corrected chi connectivity index (χ3v) is 4.14. The molecule has 114 valence electrons. The van der Waals surface area contributed by atoms with E-state index in [9.17, 15) is 25.5 Å². The summed E-state index contributed by atoms with van der Waals surface area (Å²) in [7, 11) is 0. The van der Waals surface area contributed by atoms with Crippen molar-refractivity contribution in [3.63, 3.8) is 0 Å². The highest BCUT2D eigenvalue weighted by Crippen LogP contribution is 2.52. The van der Waals surface area contributed by atoms with E-state index in [1.807, 2.05) is 30.3 Å². The second-order valence-corrected chi connectivity index (χ2v) is 5.46. The van der Waals surface area contributed by atoms with E-state index in [1.165, 1.54) is 0 Å². The molecular formula is C18H12O5. The van der Waals surface area contributed by atoms with Crippen molar-refractivity contribution in [2.45, 2.75) is 0 Å². The van der Waals surface area contributed by atoms with Crippen LogP contribution in [0.1, 0.15) is 0 Å². The topological polar surface area (TPSA) is 101 Å². The van der Waals surface area contributed by atoms with Crippen molar-refractivity contribution in [3.8, 4) is 28.7 Å². The standard InChI is InChI=1S/C18H12O5/c19-14-11-6-9-4-2-1-3-8(9)5-10(11)7-12-13(14)16(21)18(23)17(22)15(12)20/h1-7,19-23H. The highest BCUT2D eigenvalue weighted by Gasteiger charge is 2.22. The SMILES string of the molecule is Oc1c(O)c(O)c2c(O)c3cc4ccccc4cc3cc2c1O. The first kappa shape index (κ1) is 13.3. The van der Waals surface area contributed by atoms with Gasteiger partial charge in [0, 0.05) is 10.8 Å². The quantitative estimate of drug-likeness (QED) is 0.194. The van der Waals surface area contributed by atoms with Gasteiger partial charge in [-0.2, -0.15) is 0 Å². The molecule has 0 aliphatic carbocycles. The van der Waals surface area contributed by atoms with Crippen LogP contribution in [0.2, 0.25) is 0 Å². The summed E-state index contributed by atoms with van der Waals surface area (Å²) < 4.78 is 0. The molecular weight excluding hydrogens is 296 g/mol. The maximum Gasteiger partial charge on any atom is 0.205 e. The van der Waals surface area contributed by atoms with E-state index in [0.29, 0.717) is 10.8 Å². The van der Waals surface area contributed by atoms with Gasteiger partial charge in [0.25, 0.3) is 0 Å². The minimum absolute atomic E-state index is 0.0538. The highest BCUT2D eigenvalue weighted by atomic mass is 16.3. The molecule has 4 aromatic carbocycles. The lowest BCUT2D eigenvalue weighted by Gasteiger charge is -2.13. The van der Waals surface area contributed by atoms with Crippen LogP contribution in [0.25, 0.3) is 32.3 Å². The number of fused-ring (bicyclic) bond motifs is 3. The molecule has 0 fully saturated rings. The van der Waals surface area contributed by atoms with Gasteiger partial charge < -0.3 is 25.5 Å². The van der Waals surface area contributed by atoms with Crippen LogP contribution >= 0.6 is 0 Å². The Labute approximate surface area is 129 Å². The molecule has 0 atom stereocenters. The molecule has 0 heterocycles. The number of aromatic hydroxyl groups is 5. The molecule has 0 aliphatic rings. The van der Waals surface area contributed by atoms with E-state index in [1.54, 1.807) is 12.1 Å². The first-order chi connectivity index (χ1) is 11.0. The molecule has 4 rings (SSSR count). The normalized spacial score (nSPS) is 11.5. The van der Waals surface area contributed by atoms with Crippen LogP contribution in [0.4, 0.5) is 0 Å². The largest absolute Gasteiger partial charge is 0.507 e. The lowest BCUT2D eigenvalue weighted by atomic mass is 9.97. The van der Waals surface area contributed by atoms with E-state index in [0.717, 1.165) is 10.8 Å². The second kappa shape index (κ2) is 4.33. The van der Waals surface area contributed by atoms with Gasteiger partial charge in [0.1, 0.15) is 5.75 Å². The number of rotatable bonds is 0. The van der Waals surface area contributed by atoms with E-state index >= 15 is 0 Å². The number of hydrogen-bond acceptors (Lipinski definition) is 5. The van der Waals surface area contributed by atoms with Crippen LogP contribution in [0.5, 0.6) is 28.7 Å². The molecule has 0 bridgehead atoms. The fraction of sp³-hybridized carbons (Fsp3) is 0. The molecule has 0 aliphatic heterocycles. The Balaban J connectivity index is 2.28. The number of benzene rings is 4. The maximum absolute atomic E-state index is 10.5. The third kappa shape index (κ3) is 1.67. The second-order valence-electron chi connectivity index (χ2n) is 5.46. The van der Waals surface area contributed by atoms with Gasteiger partial charge in [-0.15, -0.1) is 0 Å². The predicted molar refractivity (Wildman–Crippen MR) is 87.3 cm³/mol. The monoisotopic (exact) mass is 308 g/mol. The molecule has 0 amide bonds. The Kier molecular flexibility index (Phi) is 2.51. The summed E-state index contributed by atoms with van der Waals surface area (Å²) in [5.74, 6) is -3.24. The Morgan fingerprint density at radius 2 is 1.04 bits per heavy atom. The number of hydrogen-bond donors (Lipinski definition) is 5. The summed E-state index contributed by atoms with van der Waals surface area (Å²) in [5.41, 5.74) is 0. The van der Waals surface area contributed by atoms with Crippen molar-refractivity contribution in [2.75, 3.05) is 0 Å². The predicted octanol–water partition coefficient (Wildman–Crippen LogP) is 3.67. The van der Waals surface area contributed by atoms with Crippen molar-refractivity contribution in [1.82, 2.24) is 0 Å². The summed E-state index contributed by atoms with van der Waals surface area (Å²) in [6.07, 6.45) is 0. The van der Waals surface area contributed by atoms with Gasteiger partial charge in [-0.25, -0.2) is 0 Å². The smallest absolute Gasteiger partial charge is 0.205 e. The average Bonchev–Trinajstić information content (AvgIpc) is 2.56. The molecule has 5 nitrogen and oxygen atoms in total. The Hall–Kier alpha value is -3.34. The Morgan fingerprint density at radius 3 is 1.74 bits per heavy atom. The molecule has 0 unspecified atom stereocenters. The van der Waals surface area contributed by atoms with Gasteiger partial charge in [0.05, 0.1) is 5.39 Å². The van der Waals surface area contributed by atoms with Crippen molar-refractivity contribution in [1.29, 1.82) is 0 Å². The van der Waals surface area contributed by atoms with Crippen LogP contribution in [0.15, 0.2) is 42.5 Å². The first-order valence-electron chi connectivity index (χ1n) is 6.93. The summed E-state index contributed by atoms with van der Waals surface area (Å²) in [6, 6.07) is 12.7. The minimum Gasteiger partial charge on any atom is -0.507 e. The molecule has 0 spiro atoms. The number of phenolic OH excluding ortho intramolecular Hbond substituents is 5. The summed E-state index contributed by atoms with van der Waals surface area (Å²) in [6.45, 7) is 0. The molecule has 23 heavy (non-hydrogen) atoms. The minimum atomic E-state index is -0.870. The van der Waals surface area contributed by atoms with E-state index in [4.69, 9.17) is 0 Å². The van der Waals surface area contributed by atoms with Crippen molar-refractivity contribution >= 4 is 32.3 Å². The van der Waals surface area contributed by atoms with Crippen LogP contribution in [-0.4, -0.2) is 25.5 Å². The first-order valence-corrected chi connectivity index (χ1v) is 6.93. The fourth-order valence-corrected chi connectivity index (χ4v) is 2.97. The van der Waals surface area contributed by atoms with Crippen LogP contribution in [0, 0.1) is 0 Å². The molecule has 5 heteroatoms. The van der Waals surface area contributed by atoms with Crippen LogP contribution in [-0.2, 0) is 0 Å². The van der Waals surface area contributed by atoms with Crippen molar-refractivity contribution in [3.05, 3.63) is 42.5 Å². The van der Waals surface area contributed by atoms with Crippen LogP contribution < -0.4 is 0 Å². The maximum atomic E-state index is 10.5.